The molecule has 3 aromatic rings. The van der Waals surface area contributed by atoms with Gasteiger partial charge in [0.15, 0.2) is 0 Å². The number of halogens is 1. The van der Waals surface area contributed by atoms with Crippen molar-refractivity contribution in [3.63, 3.8) is 0 Å². The first-order chi connectivity index (χ1) is 7.86. The number of nitrogens with zero attached hydrogens (tertiary/aromatic N) is 2. The predicted octanol–water partition coefficient (Wildman–Crippen LogP) is 3.41. The first-order valence-electron chi connectivity index (χ1n) is 4.80. The minimum Gasteiger partial charge on any atom is -0.346 e. The van der Waals surface area contributed by atoms with Gasteiger partial charge in [-0.05, 0) is 40.2 Å². The number of aromatic nitrogens is 3. The Morgan fingerprint density at radius 2 is 1.94 bits per heavy atom. The highest BCUT2D eigenvalue weighted by molar-refractivity contribution is 9.10. The van der Waals surface area contributed by atoms with E-state index in [0.29, 0.717) is 0 Å². The highest BCUT2D eigenvalue weighted by Gasteiger charge is 1.93. The van der Waals surface area contributed by atoms with Gasteiger partial charge in [0.25, 0.3) is 0 Å². The SMILES string of the molecule is Brc1cnc2[nH]ccc2c1.c1ccncc1. The van der Waals surface area contributed by atoms with Gasteiger partial charge in [-0.15, -0.1) is 0 Å². The molecular weight excluding hydrogens is 266 g/mol. The summed E-state index contributed by atoms with van der Waals surface area (Å²) in [6.45, 7) is 0. The zero-order valence-corrected chi connectivity index (χ0v) is 10.1. The third-order valence-electron chi connectivity index (χ3n) is 1.93. The summed E-state index contributed by atoms with van der Waals surface area (Å²) < 4.78 is 1.01. The smallest absolute Gasteiger partial charge is 0.137 e. The van der Waals surface area contributed by atoms with Gasteiger partial charge in [-0.3, -0.25) is 4.98 Å². The lowest BCUT2D eigenvalue weighted by Gasteiger charge is -1.88. The van der Waals surface area contributed by atoms with Crippen LogP contribution in [0.3, 0.4) is 0 Å². The minimum absolute atomic E-state index is 0.934. The molecule has 0 fully saturated rings. The van der Waals surface area contributed by atoms with Gasteiger partial charge in [0.2, 0.25) is 0 Å². The van der Waals surface area contributed by atoms with Crippen molar-refractivity contribution in [1.82, 2.24) is 15.0 Å². The second-order valence-corrected chi connectivity index (χ2v) is 4.01. The fraction of sp³-hybridized carbons (Fsp3) is 0. The zero-order valence-electron chi connectivity index (χ0n) is 8.47. The standard InChI is InChI=1S/C7H5BrN2.C5H5N/c8-6-3-5-1-2-9-7(5)10-4-6;1-2-4-6-5-3-1/h1-4H,(H,9,10);1-5H. The molecule has 4 heteroatoms. The third-order valence-corrected chi connectivity index (χ3v) is 2.37. The average Bonchev–Trinajstić information content (AvgIpc) is 2.79. The molecule has 0 aliphatic carbocycles. The van der Waals surface area contributed by atoms with Gasteiger partial charge in [0.05, 0.1) is 0 Å². The fourth-order valence-electron chi connectivity index (χ4n) is 1.23. The molecule has 3 aromatic heterocycles. The molecule has 0 saturated carbocycles. The maximum Gasteiger partial charge on any atom is 0.137 e. The van der Waals surface area contributed by atoms with Crippen molar-refractivity contribution in [2.45, 2.75) is 0 Å². The number of fused-ring (bicyclic) bond motifs is 1. The molecular formula is C12H10BrN3. The molecule has 0 bridgehead atoms. The Morgan fingerprint density at radius 1 is 1.12 bits per heavy atom. The lowest BCUT2D eigenvalue weighted by Crippen LogP contribution is -1.73. The highest BCUT2D eigenvalue weighted by Crippen LogP contribution is 2.14. The van der Waals surface area contributed by atoms with E-state index in [1.165, 1.54) is 0 Å². The van der Waals surface area contributed by atoms with E-state index in [4.69, 9.17) is 0 Å². The van der Waals surface area contributed by atoms with Crippen molar-refractivity contribution >= 4 is 27.0 Å². The number of pyridine rings is 2. The van der Waals surface area contributed by atoms with Crippen LogP contribution < -0.4 is 0 Å². The second kappa shape index (κ2) is 5.42. The van der Waals surface area contributed by atoms with Gasteiger partial charge in [-0.25, -0.2) is 4.98 Å². The van der Waals surface area contributed by atoms with Crippen LogP contribution in [0.25, 0.3) is 11.0 Å². The van der Waals surface area contributed by atoms with Crippen LogP contribution in [0, 0.1) is 0 Å². The van der Waals surface area contributed by atoms with Crippen molar-refractivity contribution < 1.29 is 0 Å². The quantitative estimate of drug-likeness (QED) is 0.683. The van der Waals surface area contributed by atoms with Crippen molar-refractivity contribution in [2.75, 3.05) is 0 Å². The summed E-state index contributed by atoms with van der Waals surface area (Å²) in [5.74, 6) is 0. The normalized spacial score (nSPS) is 9.56. The summed E-state index contributed by atoms with van der Waals surface area (Å²) in [5, 5.41) is 1.13. The van der Waals surface area contributed by atoms with Crippen LogP contribution in [0.5, 0.6) is 0 Å². The van der Waals surface area contributed by atoms with E-state index in [1.54, 1.807) is 18.6 Å². The van der Waals surface area contributed by atoms with Gasteiger partial charge in [0, 0.05) is 34.6 Å². The molecule has 3 rings (SSSR count). The van der Waals surface area contributed by atoms with E-state index in [1.807, 2.05) is 36.5 Å². The molecule has 0 spiro atoms. The number of nitrogens with one attached hydrogen (secondary N) is 1. The first-order valence-corrected chi connectivity index (χ1v) is 5.59. The summed E-state index contributed by atoms with van der Waals surface area (Å²) in [5.41, 5.74) is 0.934. The van der Waals surface area contributed by atoms with Crippen molar-refractivity contribution in [2.24, 2.45) is 0 Å². The second-order valence-electron chi connectivity index (χ2n) is 3.09. The minimum atomic E-state index is 0.934. The number of hydrogen-bond acceptors (Lipinski definition) is 2. The molecule has 3 heterocycles. The van der Waals surface area contributed by atoms with Crippen LogP contribution in [0.15, 0.2) is 59.6 Å². The van der Waals surface area contributed by atoms with Crippen LogP contribution in [-0.2, 0) is 0 Å². The van der Waals surface area contributed by atoms with Gasteiger partial charge >= 0.3 is 0 Å². The summed E-state index contributed by atoms with van der Waals surface area (Å²) in [7, 11) is 0. The topological polar surface area (TPSA) is 41.6 Å². The van der Waals surface area contributed by atoms with Gasteiger partial charge in [-0.2, -0.15) is 0 Å². The first kappa shape index (κ1) is 10.8. The highest BCUT2D eigenvalue weighted by atomic mass is 79.9. The van der Waals surface area contributed by atoms with Gasteiger partial charge in [-0.1, -0.05) is 6.07 Å². The molecule has 1 N–H and O–H groups in total. The zero-order chi connectivity index (χ0) is 11.2. The molecule has 0 aromatic carbocycles. The molecule has 0 radical (unpaired) electrons. The molecule has 3 nitrogen and oxygen atoms in total. The van der Waals surface area contributed by atoms with Crippen molar-refractivity contribution in [1.29, 1.82) is 0 Å². The van der Waals surface area contributed by atoms with E-state index in [0.717, 1.165) is 15.5 Å². The summed E-state index contributed by atoms with van der Waals surface area (Å²) in [6.07, 6.45) is 7.16. The summed E-state index contributed by atoms with van der Waals surface area (Å²) >= 11 is 3.34. The molecule has 0 saturated heterocycles. The molecule has 16 heavy (non-hydrogen) atoms. The van der Waals surface area contributed by atoms with E-state index in [-0.39, 0.29) is 0 Å². The lowest BCUT2D eigenvalue weighted by atomic mass is 10.3. The summed E-state index contributed by atoms with van der Waals surface area (Å²) in [6, 6.07) is 9.74. The Bertz CT molecular complexity index is 522. The van der Waals surface area contributed by atoms with Crippen LogP contribution >= 0.6 is 15.9 Å². The van der Waals surface area contributed by atoms with Gasteiger partial charge < -0.3 is 4.98 Å². The number of aromatic amines is 1. The van der Waals surface area contributed by atoms with Crippen LogP contribution in [0.1, 0.15) is 0 Å². The number of rotatable bonds is 0. The third kappa shape index (κ3) is 2.90. The van der Waals surface area contributed by atoms with Crippen molar-refractivity contribution in [3.8, 4) is 0 Å². The Labute approximate surface area is 102 Å². The predicted molar refractivity (Wildman–Crippen MR) is 68.0 cm³/mol. The monoisotopic (exact) mass is 275 g/mol. The number of hydrogen-bond donors (Lipinski definition) is 1. The number of H-pyrrole nitrogens is 1. The molecule has 0 amide bonds. The fourth-order valence-corrected chi connectivity index (χ4v) is 1.57. The van der Waals surface area contributed by atoms with Crippen LogP contribution in [0.4, 0.5) is 0 Å². The molecule has 80 valence electrons. The average molecular weight is 276 g/mol. The largest absolute Gasteiger partial charge is 0.346 e. The molecule has 0 aliphatic heterocycles. The Morgan fingerprint density at radius 3 is 2.56 bits per heavy atom. The molecule has 0 aliphatic rings. The lowest BCUT2D eigenvalue weighted by molar-refractivity contribution is 1.31. The molecule has 0 unspecified atom stereocenters. The van der Waals surface area contributed by atoms with E-state index >= 15 is 0 Å². The van der Waals surface area contributed by atoms with E-state index < -0.39 is 0 Å². The summed E-state index contributed by atoms with van der Waals surface area (Å²) in [4.78, 5) is 10.9. The van der Waals surface area contributed by atoms with Crippen LogP contribution in [-0.4, -0.2) is 15.0 Å². The maximum absolute atomic E-state index is 4.14. The van der Waals surface area contributed by atoms with E-state index in [9.17, 15) is 0 Å². The molecule has 0 atom stereocenters. The Hall–Kier alpha value is -1.68. The maximum atomic E-state index is 4.14. The van der Waals surface area contributed by atoms with E-state index in [2.05, 4.69) is 30.9 Å². The van der Waals surface area contributed by atoms with Gasteiger partial charge in [0.1, 0.15) is 5.65 Å². The van der Waals surface area contributed by atoms with Crippen molar-refractivity contribution in [3.05, 3.63) is 59.6 Å². The Balaban J connectivity index is 0.000000138. The Kier molecular flexibility index (Phi) is 3.66. The van der Waals surface area contributed by atoms with Crippen LogP contribution in [0.2, 0.25) is 0 Å².